The molecule has 0 spiro atoms. The number of nitrogens with one attached hydrogen (secondary N) is 2. The molecule has 1 aromatic rings. The van der Waals surface area contributed by atoms with Crippen molar-refractivity contribution in [3.05, 3.63) is 24.0 Å². The van der Waals surface area contributed by atoms with Gasteiger partial charge in [-0.05, 0) is 30.5 Å². The number of aliphatic carboxylic acids is 1. The average Bonchev–Trinajstić information content (AvgIpc) is 2.34. The van der Waals surface area contributed by atoms with Crippen LogP contribution in [-0.4, -0.2) is 40.2 Å². The largest absolute Gasteiger partial charge is 0.480 e. The first-order valence-corrected chi connectivity index (χ1v) is 10.2. The second kappa shape index (κ2) is 7.45. The Kier molecular flexibility index (Phi) is 6.31. The van der Waals surface area contributed by atoms with Gasteiger partial charge in [-0.2, -0.15) is 4.72 Å². The number of halogens is 1. The molecule has 0 radical (unpaired) electrons. The number of carboxylic acids is 1. The molecule has 0 aliphatic heterocycles. The van der Waals surface area contributed by atoms with Crippen molar-refractivity contribution >= 4 is 31.7 Å². The minimum absolute atomic E-state index is 0.0316. The fourth-order valence-electron chi connectivity index (χ4n) is 1.92. The Balaban J connectivity index is 3.12. The monoisotopic (exact) mass is 382 g/mol. The number of carbonyl (C=O) groups is 1. The zero-order valence-electron chi connectivity index (χ0n) is 13.3. The molecule has 1 atom stereocenters. The highest BCUT2D eigenvalue weighted by Crippen LogP contribution is 2.20. The Morgan fingerprint density at radius 1 is 1.25 bits per heavy atom. The summed E-state index contributed by atoms with van der Waals surface area (Å²) in [4.78, 5) is 10.4. The zero-order valence-corrected chi connectivity index (χ0v) is 14.9. The standard InChI is InChI=1S/C13H19FN2O6S2/c1-8(2)6-11(13(17)18)16-24(21,22)12-5-4-9(7-10(12)14)15-23(3,19)20/h4-5,7-8,11,15-16H,6H2,1-3H3,(H,17,18)/t11-/m1/s1. The van der Waals surface area contributed by atoms with Gasteiger partial charge in [0.2, 0.25) is 20.0 Å². The van der Waals surface area contributed by atoms with Crippen LogP contribution in [0.15, 0.2) is 23.1 Å². The SMILES string of the molecule is CC(C)C[C@@H](NS(=O)(=O)c1ccc(NS(C)(=O)=O)cc1F)C(=O)O. The van der Waals surface area contributed by atoms with Crippen molar-refractivity contribution < 1.29 is 31.1 Å². The quantitative estimate of drug-likeness (QED) is 0.614. The summed E-state index contributed by atoms with van der Waals surface area (Å²) in [7, 11) is -8.07. The average molecular weight is 382 g/mol. The summed E-state index contributed by atoms with van der Waals surface area (Å²) in [5.41, 5.74) is -0.147. The maximum absolute atomic E-state index is 14.0. The Hall–Kier alpha value is -1.72. The maximum Gasteiger partial charge on any atom is 0.321 e. The van der Waals surface area contributed by atoms with E-state index in [1.807, 2.05) is 9.44 Å². The van der Waals surface area contributed by atoms with Crippen molar-refractivity contribution in [1.82, 2.24) is 4.72 Å². The van der Waals surface area contributed by atoms with Crippen molar-refractivity contribution in [2.45, 2.75) is 31.2 Å². The Morgan fingerprint density at radius 3 is 2.25 bits per heavy atom. The fraction of sp³-hybridized carbons (Fsp3) is 0.462. The summed E-state index contributed by atoms with van der Waals surface area (Å²) in [6.45, 7) is 3.44. The number of hydrogen-bond donors (Lipinski definition) is 3. The van der Waals surface area contributed by atoms with Crippen molar-refractivity contribution in [3.63, 3.8) is 0 Å². The highest BCUT2D eigenvalue weighted by molar-refractivity contribution is 7.92. The van der Waals surface area contributed by atoms with E-state index in [1.54, 1.807) is 13.8 Å². The second-order valence-corrected chi connectivity index (χ2v) is 9.09. The molecule has 11 heteroatoms. The topological polar surface area (TPSA) is 130 Å². The number of carboxylic acid groups (broad SMARTS) is 1. The number of benzene rings is 1. The molecule has 0 aromatic heterocycles. The van der Waals surface area contributed by atoms with Crippen LogP contribution in [0.25, 0.3) is 0 Å². The highest BCUT2D eigenvalue weighted by atomic mass is 32.2. The van der Waals surface area contributed by atoms with E-state index < -0.39 is 42.8 Å². The van der Waals surface area contributed by atoms with E-state index in [0.29, 0.717) is 6.07 Å². The van der Waals surface area contributed by atoms with Gasteiger partial charge < -0.3 is 5.11 Å². The van der Waals surface area contributed by atoms with Crippen LogP contribution in [0.5, 0.6) is 0 Å². The summed E-state index contributed by atoms with van der Waals surface area (Å²) >= 11 is 0. The smallest absolute Gasteiger partial charge is 0.321 e. The normalized spacial score (nSPS) is 13.7. The van der Waals surface area contributed by atoms with Crippen LogP contribution in [0.2, 0.25) is 0 Å². The third-order valence-electron chi connectivity index (χ3n) is 2.83. The summed E-state index contributed by atoms with van der Waals surface area (Å²) in [5.74, 6) is -2.67. The number of anilines is 1. The number of rotatable bonds is 8. The highest BCUT2D eigenvalue weighted by Gasteiger charge is 2.28. The van der Waals surface area contributed by atoms with Gasteiger partial charge in [-0.25, -0.2) is 21.2 Å². The molecule has 8 nitrogen and oxygen atoms in total. The molecule has 0 aliphatic carbocycles. The molecule has 0 heterocycles. The lowest BCUT2D eigenvalue weighted by Gasteiger charge is -2.17. The van der Waals surface area contributed by atoms with E-state index >= 15 is 0 Å². The van der Waals surface area contributed by atoms with Crippen LogP contribution >= 0.6 is 0 Å². The Bertz CT molecular complexity index is 821. The third kappa shape index (κ3) is 6.06. The molecule has 1 rings (SSSR count). The summed E-state index contributed by atoms with van der Waals surface area (Å²) in [6.07, 6.45) is 0.893. The molecule has 0 bridgehead atoms. The van der Waals surface area contributed by atoms with E-state index in [4.69, 9.17) is 5.11 Å². The summed E-state index contributed by atoms with van der Waals surface area (Å²) in [6, 6.07) is 1.23. The van der Waals surface area contributed by atoms with Gasteiger partial charge in [-0.15, -0.1) is 0 Å². The fourth-order valence-corrected chi connectivity index (χ4v) is 3.73. The van der Waals surface area contributed by atoms with Gasteiger partial charge in [0, 0.05) is 0 Å². The molecule has 136 valence electrons. The van der Waals surface area contributed by atoms with Crippen molar-refractivity contribution in [2.24, 2.45) is 5.92 Å². The van der Waals surface area contributed by atoms with Crippen LogP contribution in [0.3, 0.4) is 0 Å². The van der Waals surface area contributed by atoms with Crippen LogP contribution in [-0.2, 0) is 24.8 Å². The van der Waals surface area contributed by atoms with Gasteiger partial charge in [0.05, 0.1) is 11.9 Å². The zero-order chi connectivity index (χ0) is 18.7. The summed E-state index contributed by atoms with van der Waals surface area (Å²) < 4.78 is 64.5. The molecule has 0 saturated heterocycles. The molecule has 0 unspecified atom stereocenters. The van der Waals surface area contributed by atoms with Gasteiger partial charge in [0.25, 0.3) is 0 Å². The van der Waals surface area contributed by atoms with Gasteiger partial charge in [0.1, 0.15) is 16.8 Å². The van der Waals surface area contributed by atoms with Crippen molar-refractivity contribution in [2.75, 3.05) is 11.0 Å². The van der Waals surface area contributed by atoms with Crippen LogP contribution < -0.4 is 9.44 Å². The predicted molar refractivity (Wildman–Crippen MR) is 86.1 cm³/mol. The van der Waals surface area contributed by atoms with Crippen molar-refractivity contribution in [3.8, 4) is 0 Å². The first-order valence-electron chi connectivity index (χ1n) is 6.84. The van der Waals surface area contributed by atoms with Gasteiger partial charge in [0.15, 0.2) is 0 Å². The van der Waals surface area contributed by atoms with E-state index in [0.717, 1.165) is 18.4 Å². The minimum Gasteiger partial charge on any atom is -0.480 e. The van der Waals surface area contributed by atoms with Crippen LogP contribution in [0.4, 0.5) is 10.1 Å². The lowest BCUT2D eigenvalue weighted by atomic mass is 10.1. The molecule has 3 N–H and O–H groups in total. The molecule has 24 heavy (non-hydrogen) atoms. The predicted octanol–water partition coefficient (Wildman–Crippen LogP) is 0.975. The molecule has 0 aliphatic rings. The van der Waals surface area contributed by atoms with Gasteiger partial charge in [-0.1, -0.05) is 13.8 Å². The van der Waals surface area contributed by atoms with E-state index in [9.17, 15) is 26.0 Å². The molecule has 0 fully saturated rings. The first kappa shape index (κ1) is 20.3. The van der Waals surface area contributed by atoms with E-state index in [1.165, 1.54) is 0 Å². The van der Waals surface area contributed by atoms with E-state index in [2.05, 4.69) is 0 Å². The maximum atomic E-state index is 14.0. The summed E-state index contributed by atoms with van der Waals surface area (Å²) in [5, 5.41) is 9.08. The molecule has 1 aromatic carbocycles. The first-order chi connectivity index (χ1) is 10.8. The number of hydrogen-bond acceptors (Lipinski definition) is 5. The minimum atomic E-state index is -4.42. The van der Waals surface area contributed by atoms with Crippen LogP contribution in [0, 0.1) is 11.7 Å². The second-order valence-electron chi connectivity index (χ2n) is 5.66. The number of sulfonamides is 2. The lowest BCUT2D eigenvalue weighted by Crippen LogP contribution is -2.41. The van der Waals surface area contributed by atoms with Gasteiger partial charge >= 0.3 is 5.97 Å². The molecular formula is C13H19FN2O6S2. The van der Waals surface area contributed by atoms with Crippen LogP contribution in [0.1, 0.15) is 20.3 Å². The molecular weight excluding hydrogens is 363 g/mol. The lowest BCUT2D eigenvalue weighted by molar-refractivity contribution is -0.139. The third-order valence-corrected chi connectivity index (χ3v) is 4.94. The van der Waals surface area contributed by atoms with Gasteiger partial charge in [-0.3, -0.25) is 9.52 Å². The molecule has 0 amide bonds. The Morgan fingerprint density at radius 2 is 1.83 bits per heavy atom. The van der Waals surface area contributed by atoms with Crippen molar-refractivity contribution in [1.29, 1.82) is 0 Å². The molecule has 0 saturated carbocycles. The Labute approximate surface area is 140 Å². The van der Waals surface area contributed by atoms with E-state index in [-0.39, 0.29) is 18.0 Å².